The first kappa shape index (κ1) is 10.3. The molecule has 78 valence electrons. The molecule has 1 aromatic carbocycles. The predicted molar refractivity (Wildman–Crippen MR) is 53.5 cm³/mol. The number of hydrogen-bond acceptors (Lipinski definition) is 3. The molecular formula is C10H10BFO3. The molecule has 1 heterocycles. The van der Waals surface area contributed by atoms with Crippen LogP contribution in [0.25, 0.3) is 0 Å². The highest BCUT2D eigenvalue weighted by Crippen LogP contribution is 2.30. The molecule has 2 rings (SSSR count). The van der Waals surface area contributed by atoms with Gasteiger partial charge in [0, 0.05) is 11.0 Å². The minimum absolute atomic E-state index is 0.130. The van der Waals surface area contributed by atoms with E-state index in [2.05, 4.69) is 0 Å². The van der Waals surface area contributed by atoms with Gasteiger partial charge in [-0.3, -0.25) is 4.79 Å². The standard InChI is InChI=1S/C10H10BFO3/c1-10(2)7-3-6(5-13)4-8(12)9(7)11(14)15-10/h3-5,14H,1-2H3. The molecular weight excluding hydrogens is 198 g/mol. The predicted octanol–water partition coefficient (Wildman–Crippen LogP) is 0.591. The molecule has 1 N–H and O–H groups in total. The van der Waals surface area contributed by atoms with Gasteiger partial charge in [0.2, 0.25) is 0 Å². The SMILES string of the molecule is CC1(C)OB(O)c2c(F)cc(C=O)cc21. The average molecular weight is 208 g/mol. The van der Waals surface area contributed by atoms with Crippen molar-refractivity contribution in [3.05, 3.63) is 29.1 Å². The third-order valence-corrected chi connectivity index (χ3v) is 2.59. The lowest BCUT2D eigenvalue weighted by Crippen LogP contribution is -2.31. The molecule has 5 heteroatoms. The molecule has 15 heavy (non-hydrogen) atoms. The Morgan fingerprint density at radius 1 is 1.53 bits per heavy atom. The molecule has 0 unspecified atom stereocenters. The first-order valence-corrected chi connectivity index (χ1v) is 4.60. The zero-order valence-corrected chi connectivity index (χ0v) is 8.45. The van der Waals surface area contributed by atoms with Crippen molar-refractivity contribution in [1.82, 2.24) is 0 Å². The third kappa shape index (κ3) is 1.48. The van der Waals surface area contributed by atoms with Crippen molar-refractivity contribution >= 4 is 18.9 Å². The van der Waals surface area contributed by atoms with Crippen LogP contribution in [0.2, 0.25) is 0 Å². The zero-order valence-electron chi connectivity index (χ0n) is 8.45. The quantitative estimate of drug-likeness (QED) is 0.542. The normalized spacial score (nSPS) is 17.7. The molecule has 0 fully saturated rings. The first-order valence-electron chi connectivity index (χ1n) is 4.60. The van der Waals surface area contributed by atoms with E-state index in [1.165, 1.54) is 0 Å². The Kier molecular flexibility index (Phi) is 2.17. The second-order valence-corrected chi connectivity index (χ2v) is 4.06. The summed E-state index contributed by atoms with van der Waals surface area (Å²) in [6, 6.07) is 2.64. The molecule has 0 bridgehead atoms. The van der Waals surface area contributed by atoms with Gasteiger partial charge >= 0.3 is 7.12 Å². The van der Waals surface area contributed by atoms with Crippen LogP contribution in [0.5, 0.6) is 0 Å². The fourth-order valence-corrected chi connectivity index (χ4v) is 1.86. The van der Waals surface area contributed by atoms with Gasteiger partial charge < -0.3 is 9.68 Å². The van der Waals surface area contributed by atoms with Crippen LogP contribution in [0.3, 0.4) is 0 Å². The summed E-state index contributed by atoms with van der Waals surface area (Å²) in [4.78, 5) is 10.6. The van der Waals surface area contributed by atoms with E-state index in [0.29, 0.717) is 11.8 Å². The van der Waals surface area contributed by atoms with Crippen LogP contribution in [0.1, 0.15) is 29.8 Å². The molecule has 0 radical (unpaired) electrons. The average Bonchev–Trinajstić information content (AvgIpc) is 2.37. The van der Waals surface area contributed by atoms with Crippen LogP contribution in [0.4, 0.5) is 4.39 Å². The maximum Gasteiger partial charge on any atom is 0.495 e. The number of halogens is 1. The molecule has 0 amide bonds. The highest BCUT2D eigenvalue weighted by atomic mass is 19.1. The summed E-state index contributed by atoms with van der Waals surface area (Å²) < 4.78 is 18.7. The summed E-state index contributed by atoms with van der Waals surface area (Å²) in [5, 5.41) is 9.51. The minimum Gasteiger partial charge on any atom is -0.423 e. The Morgan fingerprint density at radius 3 is 2.80 bits per heavy atom. The van der Waals surface area contributed by atoms with Gasteiger partial charge in [0.1, 0.15) is 12.1 Å². The summed E-state index contributed by atoms with van der Waals surface area (Å²) in [7, 11) is -1.25. The number of fused-ring (bicyclic) bond motifs is 1. The number of hydrogen-bond donors (Lipinski definition) is 1. The molecule has 0 saturated carbocycles. The van der Waals surface area contributed by atoms with E-state index in [1.807, 2.05) is 0 Å². The van der Waals surface area contributed by atoms with E-state index in [1.54, 1.807) is 19.9 Å². The van der Waals surface area contributed by atoms with Gasteiger partial charge in [-0.25, -0.2) is 4.39 Å². The molecule has 3 nitrogen and oxygen atoms in total. The molecule has 0 aliphatic carbocycles. The molecule has 0 atom stereocenters. The Balaban J connectivity index is 2.69. The van der Waals surface area contributed by atoms with E-state index in [4.69, 9.17) is 4.65 Å². The highest BCUT2D eigenvalue weighted by molar-refractivity contribution is 6.62. The lowest BCUT2D eigenvalue weighted by Gasteiger charge is -2.19. The van der Waals surface area contributed by atoms with Crippen LogP contribution >= 0.6 is 0 Å². The summed E-state index contributed by atoms with van der Waals surface area (Å²) in [6.07, 6.45) is 0.574. The first-order chi connectivity index (χ1) is 6.95. The fourth-order valence-electron chi connectivity index (χ4n) is 1.86. The largest absolute Gasteiger partial charge is 0.495 e. The fraction of sp³-hybridized carbons (Fsp3) is 0.300. The Hall–Kier alpha value is -1.20. The van der Waals surface area contributed by atoms with Gasteiger partial charge in [0.15, 0.2) is 0 Å². The lowest BCUT2D eigenvalue weighted by atomic mass is 9.77. The summed E-state index contributed by atoms with van der Waals surface area (Å²) in [6.45, 7) is 3.44. The molecule has 1 aliphatic heterocycles. The maximum atomic E-state index is 13.5. The van der Waals surface area contributed by atoms with Crippen molar-refractivity contribution < 1.29 is 18.9 Å². The van der Waals surface area contributed by atoms with Gasteiger partial charge in [-0.2, -0.15) is 0 Å². The Labute approximate surface area is 87.0 Å². The topological polar surface area (TPSA) is 46.5 Å². The van der Waals surface area contributed by atoms with Crippen LogP contribution in [0, 0.1) is 5.82 Å². The second-order valence-electron chi connectivity index (χ2n) is 4.06. The van der Waals surface area contributed by atoms with Gasteiger partial charge in [-0.05, 0) is 31.5 Å². The van der Waals surface area contributed by atoms with Crippen molar-refractivity contribution in [3.63, 3.8) is 0 Å². The number of benzene rings is 1. The van der Waals surface area contributed by atoms with E-state index in [0.717, 1.165) is 6.07 Å². The van der Waals surface area contributed by atoms with Crippen molar-refractivity contribution in [2.75, 3.05) is 0 Å². The van der Waals surface area contributed by atoms with Gasteiger partial charge in [-0.15, -0.1) is 0 Å². The van der Waals surface area contributed by atoms with Gasteiger partial charge in [0.05, 0.1) is 5.60 Å². The molecule has 0 spiro atoms. The Morgan fingerprint density at radius 2 is 2.20 bits per heavy atom. The highest BCUT2D eigenvalue weighted by Gasteiger charge is 2.42. The van der Waals surface area contributed by atoms with E-state index in [-0.39, 0.29) is 11.0 Å². The van der Waals surface area contributed by atoms with Gasteiger partial charge in [0.25, 0.3) is 0 Å². The maximum absolute atomic E-state index is 13.5. The molecule has 1 aromatic rings. The van der Waals surface area contributed by atoms with Crippen molar-refractivity contribution in [2.45, 2.75) is 19.4 Å². The number of aldehydes is 1. The van der Waals surface area contributed by atoms with Crippen LogP contribution < -0.4 is 5.46 Å². The van der Waals surface area contributed by atoms with Crippen molar-refractivity contribution in [3.8, 4) is 0 Å². The van der Waals surface area contributed by atoms with Crippen molar-refractivity contribution in [2.24, 2.45) is 0 Å². The number of carbonyl (C=O) groups is 1. The molecule has 1 aliphatic rings. The monoisotopic (exact) mass is 208 g/mol. The van der Waals surface area contributed by atoms with Crippen molar-refractivity contribution in [1.29, 1.82) is 0 Å². The number of carbonyl (C=O) groups excluding carboxylic acids is 1. The summed E-state index contributed by atoms with van der Waals surface area (Å²) in [5.41, 5.74) is 0.133. The van der Waals surface area contributed by atoms with Crippen LogP contribution in [0.15, 0.2) is 12.1 Å². The van der Waals surface area contributed by atoms with Gasteiger partial charge in [-0.1, -0.05) is 0 Å². The second kappa shape index (κ2) is 3.15. The number of rotatable bonds is 1. The summed E-state index contributed by atoms with van der Waals surface area (Å²) in [5.74, 6) is -0.604. The van der Waals surface area contributed by atoms with E-state index >= 15 is 0 Å². The smallest absolute Gasteiger partial charge is 0.423 e. The molecule has 0 saturated heterocycles. The zero-order chi connectivity index (χ0) is 11.2. The molecule has 0 aromatic heterocycles. The lowest BCUT2D eigenvalue weighted by molar-refractivity contribution is 0.101. The summed E-state index contributed by atoms with van der Waals surface area (Å²) >= 11 is 0. The van der Waals surface area contributed by atoms with Crippen LogP contribution in [-0.4, -0.2) is 18.4 Å². The van der Waals surface area contributed by atoms with Crippen LogP contribution in [-0.2, 0) is 10.3 Å². The van der Waals surface area contributed by atoms with E-state index in [9.17, 15) is 14.2 Å². The Bertz CT molecular complexity index is 431. The minimum atomic E-state index is -1.25. The van der Waals surface area contributed by atoms with E-state index < -0.39 is 18.5 Å². The third-order valence-electron chi connectivity index (χ3n) is 2.59.